The van der Waals surface area contributed by atoms with E-state index >= 15 is 0 Å². The molecule has 0 radical (unpaired) electrons. The number of piperidine rings is 1. The molecule has 0 bridgehead atoms. The van der Waals surface area contributed by atoms with Gasteiger partial charge in [-0.2, -0.15) is 0 Å². The number of piperazine rings is 1. The van der Waals surface area contributed by atoms with E-state index in [4.69, 9.17) is 5.73 Å². The van der Waals surface area contributed by atoms with Crippen molar-refractivity contribution >= 4 is 5.91 Å². The summed E-state index contributed by atoms with van der Waals surface area (Å²) in [7, 11) is 0. The highest BCUT2D eigenvalue weighted by molar-refractivity contribution is 5.77. The molecule has 3 fully saturated rings. The fourth-order valence-corrected chi connectivity index (χ4v) is 4.18. The van der Waals surface area contributed by atoms with Crippen LogP contribution in [-0.4, -0.2) is 78.5 Å². The van der Waals surface area contributed by atoms with Crippen molar-refractivity contribution in [3.63, 3.8) is 0 Å². The van der Waals surface area contributed by atoms with Gasteiger partial charge >= 0.3 is 0 Å². The summed E-state index contributed by atoms with van der Waals surface area (Å²) < 4.78 is 0. The molecule has 2 unspecified atom stereocenters. The lowest BCUT2D eigenvalue weighted by atomic mass is 10.1. The molecule has 2 N–H and O–H groups in total. The predicted molar refractivity (Wildman–Crippen MR) is 84.1 cm³/mol. The van der Waals surface area contributed by atoms with Crippen LogP contribution in [-0.2, 0) is 4.79 Å². The van der Waals surface area contributed by atoms with E-state index in [2.05, 4.69) is 14.7 Å². The highest BCUT2D eigenvalue weighted by Crippen LogP contribution is 2.23. The zero-order chi connectivity index (χ0) is 14.7. The molecule has 3 aliphatic rings. The first kappa shape index (κ1) is 15.3. The summed E-state index contributed by atoms with van der Waals surface area (Å²) in [5, 5.41) is 0. The molecule has 3 heterocycles. The molecule has 0 saturated carbocycles. The Hall–Kier alpha value is -0.650. The minimum atomic E-state index is 0.238. The van der Waals surface area contributed by atoms with Gasteiger partial charge in [0.2, 0.25) is 5.91 Å². The summed E-state index contributed by atoms with van der Waals surface area (Å²) in [5.74, 6) is 0.319. The second-order valence-corrected chi connectivity index (χ2v) is 6.86. The van der Waals surface area contributed by atoms with E-state index < -0.39 is 0 Å². The first-order valence-electron chi connectivity index (χ1n) is 8.74. The maximum Gasteiger partial charge on any atom is 0.224 e. The number of likely N-dealkylation sites (tertiary alicyclic amines) is 1. The minimum absolute atomic E-state index is 0.238. The van der Waals surface area contributed by atoms with Gasteiger partial charge in [0.15, 0.2) is 0 Å². The molecule has 0 aliphatic carbocycles. The van der Waals surface area contributed by atoms with E-state index in [9.17, 15) is 4.79 Å². The standard InChI is InChI=1S/C16H30N4O/c17-12-15(11-16(21)19-6-2-1-3-7-19)20-10-9-18-8-4-5-14(18)13-20/h14-15H,1-13,17H2. The number of rotatable bonds is 4. The van der Waals surface area contributed by atoms with Crippen molar-refractivity contribution in [3.8, 4) is 0 Å². The van der Waals surface area contributed by atoms with Crippen LogP contribution in [0.4, 0.5) is 0 Å². The Morgan fingerprint density at radius 2 is 1.86 bits per heavy atom. The van der Waals surface area contributed by atoms with E-state index in [0.717, 1.165) is 32.7 Å². The Kier molecular flexibility index (Phi) is 5.14. The SMILES string of the molecule is NCC(CC(=O)N1CCCCC1)N1CCN2CCCC2C1. The number of carbonyl (C=O) groups excluding carboxylic acids is 1. The molecular formula is C16H30N4O. The second kappa shape index (κ2) is 7.07. The predicted octanol–water partition coefficient (Wildman–Crippen LogP) is 0.496. The molecule has 1 amide bonds. The summed E-state index contributed by atoms with van der Waals surface area (Å²) in [5.41, 5.74) is 5.99. The highest BCUT2D eigenvalue weighted by Gasteiger charge is 2.34. The van der Waals surface area contributed by atoms with E-state index in [1.165, 1.54) is 38.6 Å². The third kappa shape index (κ3) is 3.58. The largest absolute Gasteiger partial charge is 0.343 e. The number of hydrogen-bond acceptors (Lipinski definition) is 4. The van der Waals surface area contributed by atoms with E-state index in [1.54, 1.807) is 0 Å². The Morgan fingerprint density at radius 3 is 2.62 bits per heavy atom. The Bertz CT molecular complexity index is 356. The lowest BCUT2D eigenvalue weighted by Crippen LogP contribution is -2.56. The van der Waals surface area contributed by atoms with Crippen LogP contribution in [0.3, 0.4) is 0 Å². The average molecular weight is 294 g/mol. The molecule has 3 rings (SSSR count). The van der Waals surface area contributed by atoms with Crippen LogP contribution >= 0.6 is 0 Å². The van der Waals surface area contributed by atoms with Gasteiger partial charge in [0, 0.05) is 57.8 Å². The van der Waals surface area contributed by atoms with Crippen molar-refractivity contribution < 1.29 is 4.79 Å². The second-order valence-electron chi connectivity index (χ2n) is 6.86. The third-order valence-electron chi connectivity index (χ3n) is 5.53. The first-order chi connectivity index (χ1) is 10.3. The monoisotopic (exact) mass is 294 g/mol. The minimum Gasteiger partial charge on any atom is -0.343 e. The van der Waals surface area contributed by atoms with Crippen LogP contribution in [0.5, 0.6) is 0 Å². The smallest absolute Gasteiger partial charge is 0.224 e. The van der Waals surface area contributed by atoms with Crippen LogP contribution in [0, 0.1) is 0 Å². The van der Waals surface area contributed by atoms with Crippen LogP contribution in [0.25, 0.3) is 0 Å². The molecule has 3 saturated heterocycles. The van der Waals surface area contributed by atoms with Gasteiger partial charge in [0.05, 0.1) is 0 Å². The van der Waals surface area contributed by atoms with Gasteiger partial charge in [0.1, 0.15) is 0 Å². The average Bonchev–Trinajstić information content (AvgIpc) is 3.00. The van der Waals surface area contributed by atoms with Gasteiger partial charge in [-0.1, -0.05) is 0 Å². The van der Waals surface area contributed by atoms with Gasteiger partial charge in [-0.25, -0.2) is 0 Å². The van der Waals surface area contributed by atoms with Gasteiger partial charge in [0.25, 0.3) is 0 Å². The number of amides is 1. The van der Waals surface area contributed by atoms with Crippen LogP contribution in [0.15, 0.2) is 0 Å². The number of nitrogens with two attached hydrogens (primary N) is 1. The fourth-order valence-electron chi connectivity index (χ4n) is 4.18. The topological polar surface area (TPSA) is 52.8 Å². The molecule has 5 heteroatoms. The molecule has 21 heavy (non-hydrogen) atoms. The molecule has 0 aromatic carbocycles. The third-order valence-corrected chi connectivity index (χ3v) is 5.53. The van der Waals surface area contributed by atoms with Gasteiger partial charge in [-0.05, 0) is 38.6 Å². The highest BCUT2D eigenvalue weighted by atomic mass is 16.2. The number of fused-ring (bicyclic) bond motifs is 1. The van der Waals surface area contributed by atoms with Crippen molar-refractivity contribution in [1.29, 1.82) is 0 Å². The molecule has 3 aliphatic heterocycles. The fraction of sp³-hybridized carbons (Fsp3) is 0.938. The molecule has 0 aromatic rings. The normalized spacial score (nSPS) is 29.4. The Balaban J connectivity index is 1.53. The number of carbonyl (C=O) groups is 1. The first-order valence-corrected chi connectivity index (χ1v) is 8.74. The van der Waals surface area contributed by atoms with Crippen molar-refractivity contribution in [2.45, 2.75) is 50.6 Å². The molecular weight excluding hydrogens is 264 g/mol. The van der Waals surface area contributed by atoms with E-state index in [1.807, 2.05) is 0 Å². The van der Waals surface area contributed by atoms with Crippen LogP contribution in [0.1, 0.15) is 38.5 Å². The Labute approximate surface area is 128 Å². The molecule has 0 spiro atoms. The number of hydrogen-bond donors (Lipinski definition) is 1. The summed E-state index contributed by atoms with van der Waals surface area (Å²) in [6.07, 6.45) is 6.86. The van der Waals surface area contributed by atoms with E-state index in [-0.39, 0.29) is 6.04 Å². The van der Waals surface area contributed by atoms with Crippen LogP contribution in [0.2, 0.25) is 0 Å². The van der Waals surface area contributed by atoms with Gasteiger partial charge in [-0.3, -0.25) is 14.6 Å². The lowest BCUT2D eigenvalue weighted by molar-refractivity contribution is -0.133. The zero-order valence-electron chi connectivity index (χ0n) is 13.2. The maximum atomic E-state index is 12.5. The molecule has 5 nitrogen and oxygen atoms in total. The quantitative estimate of drug-likeness (QED) is 0.820. The van der Waals surface area contributed by atoms with Crippen molar-refractivity contribution in [1.82, 2.24) is 14.7 Å². The molecule has 0 aromatic heterocycles. The molecule has 120 valence electrons. The van der Waals surface area contributed by atoms with Crippen molar-refractivity contribution in [3.05, 3.63) is 0 Å². The molecule has 2 atom stereocenters. The lowest BCUT2D eigenvalue weighted by Gasteiger charge is -2.41. The summed E-state index contributed by atoms with van der Waals surface area (Å²) in [4.78, 5) is 19.6. The van der Waals surface area contributed by atoms with Crippen molar-refractivity contribution in [2.24, 2.45) is 5.73 Å². The van der Waals surface area contributed by atoms with Gasteiger partial charge < -0.3 is 10.6 Å². The van der Waals surface area contributed by atoms with Gasteiger partial charge in [-0.15, -0.1) is 0 Å². The van der Waals surface area contributed by atoms with Crippen molar-refractivity contribution in [2.75, 3.05) is 45.8 Å². The summed E-state index contributed by atoms with van der Waals surface area (Å²) >= 11 is 0. The summed E-state index contributed by atoms with van der Waals surface area (Å²) in [6, 6.07) is 0.945. The summed E-state index contributed by atoms with van der Waals surface area (Å²) in [6.45, 7) is 7.10. The van der Waals surface area contributed by atoms with Crippen LogP contribution < -0.4 is 5.73 Å². The van der Waals surface area contributed by atoms with E-state index in [0.29, 0.717) is 24.9 Å². The zero-order valence-corrected chi connectivity index (χ0v) is 13.2. The maximum absolute atomic E-state index is 12.5. The number of nitrogens with zero attached hydrogens (tertiary/aromatic N) is 3. The Morgan fingerprint density at radius 1 is 1.05 bits per heavy atom.